The number of rotatable bonds is 7. The van der Waals surface area contributed by atoms with Gasteiger partial charge in [0.05, 0.1) is 18.7 Å². The van der Waals surface area contributed by atoms with Crippen molar-refractivity contribution in [2.45, 2.75) is 25.9 Å². The van der Waals surface area contributed by atoms with Crippen molar-refractivity contribution in [3.63, 3.8) is 0 Å². The standard InChI is InChI=1S/C22H19BrN4O4/c23-17-8-4-7-16(13-17)22-24-19(31-26-22)14-30-21(29)10-9-20(28)27-12-11-18(25-27)15-5-2-1-3-6-15/h1-8,13H,9-12,14H2. The Hall–Kier alpha value is -3.33. The predicted molar refractivity (Wildman–Crippen MR) is 116 cm³/mol. The highest BCUT2D eigenvalue weighted by atomic mass is 79.9. The van der Waals surface area contributed by atoms with Crippen LogP contribution in [0, 0.1) is 0 Å². The normalized spacial score (nSPS) is 13.2. The fourth-order valence-electron chi connectivity index (χ4n) is 3.08. The van der Waals surface area contributed by atoms with Crippen molar-refractivity contribution in [1.29, 1.82) is 0 Å². The maximum atomic E-state index is 12.4. The van der Waals surface area contributed by atoms with Gasteiger partial charge in [0.1, 0.15) is 0 Å². The quantitative estimate of drug-likeness (QED) is 0.472. The van der Waals surface area contributed by atoms with Crippen LogP contribution >= 0.6 is 15.9 Å². The van der Waals surface area contributed by atoms with Crippen LogP contribution < -0.4 is 0 Å². The Kier molecular flexibility index (Phi) is 6.51. The molecule has 0 fully saturated rings. The van der Waals surface area contributed by atoms with Gasteiger partial charge in [-0.1, -0.05) is 63.6 Å². The first kappa shape index (κ1) is 20.9. The van der Waals surface area contributed by atoms with E-state index in [9.17, 15) is 9.59 Å². The Morgan fingerprint density at radius 1 is 1.06 bits per heavy atom. The highest BCUT2D eigenvalue weighted by molar-refractivity contribution is 9.10. The van der Waals surface area contributed by atoms with Crippen molar-refractivity contribution in [3.8, 4) is 11.4 Å². The largest absolute Gasteiger partial charge is 0.456 e. The van der Waals surface area contributed by atoms with Gasteiger partial charge in [-0.25, -0.2) is 5.01 Å². The molecule has 1 aromatic heterocycles. The molecule has 0 spiro atoms. The van der Waals surface area contributed by atoms with E-state index in [1.54, 1.807) is 0 Å². The van der Waals surface area contributed by atoms with Crippen LogP contribution in [0.2, 0.25) is 0 Å². The van der Waals surface area contributed by atoms with Crippen LogP contribution in [-0.2, 0) is 20.9 Å². The summed E-state index contributed by atoms with van der Waals surface area (Å²) in [6, 6.07) is 17.2. The molecular formula is C22H19BrN4O4. The average molecular weight is 483 g/mol. The molecule has 0 bridgehead atoms. The van der Waals surface area contributed by atoms with E-state index >= 15 is 0 Å². The Morgan fingerprint density at radius 3 is 2.68 bits per heavy atom. The Labute approximate surface area is 187 Å². The number of carbonyl (C=O) groups excluding carboxylic acids is 2. The second-order valence-corrected chi connectivity index (χ2v) is 7.78. The van der Waals surface area contributed by atoms with E-state index < -0.39 is 5.97 Å². The Balaban J connectivity index is 1.24. The summed E-state index contributed by atoms with van der Waals surface area (Å²) in [5.41, 5.74) is 2.65. The van der Waals surface area contributed by atoms with Gasteiger partial charge in [-0.3, -0.25) is 9.59 Å². The molecule has 1 aliphatic heterocycles. The number of ether oxygens (including phenoxy) is 1. The number of esters is 1. The zero-order valence-corrected chi connectivity index (χ0v) is 18.1. The predicted octanol–water partition coefficient (Wildman–Crippen LogP) is 3.96. The van der Waals surface area contributed by atoms with Crippen molar-refractivity contribution < 1.29 is 18.8 Å². The third-order valence-corrected chi connectivity index (χ3v) is 5.14. The van der Waals surface area contributed by atoms with E-state index in [1.165, 1.54) is 5.01 Å². The van der Waals surface area contributed by atoms with Gasteiger partial charge in [-0.2, -0.15) is 10.1 Å². The lowest BCUT2D eigenvalue weighted by atomic mass is 10.1. The fraction of sp³-hybridized carbons (Fsp3) is 0.227. The molecule has 31 heavy (non-hydrogen) atoms. The van der Waals surface area contributed by atoms with Crippen molar-refractivity contribution in [3.05, 3.63) is 70.5 Å². The van der Waals surface area contributed by atoms with E-state index in [-0.39, 0.29) is 31.2 Å². The lowest BCUT2D eigenvalue weighted by Gasteiger charge is -2.10. The van der Waals surface area contributed by atoms with E-state index in [4.69, 9.17) is 9.26 Å². The molecule has 0 aliphatic carbocycles. The first-order chi connectivity index (χ1) is 15.1. The van der Waals surface area contributed by atoms with Crippen LogP contribution in [0.3, 0.4) is 0 Å². The van der Waals surface area contributed by atoms with E-state index in [0.29, 0.717) is 18.8 Å². The number of halogens is 1. The summed E-state index contributed by atoms with van der Waals surface area (Å²) in [6.07, 6.45) is 0.674. The molecule has 0 unspecified atom stereocenters. The summed E-state index contributed by atoms with van der Waals surface area (Å²) in [5, 5.41) is 9.68. The summed E-state index contributed by atoms with van der Waals surface area (Å²) >= 11 is 3.39. The van der Waals surface area contributed by atoms with Crippen LogP contribution in [0.1, 0.15) is 30.7 Å². The topological polar surface area (TPSA) is 97.9 Å². The maximum Gasteiger partial charge on any atom is 0.306 e. The van der Waals surface area contributed by atoms with E-state index in [2.05, 4.69) is 31.2 Å². The number of hydrogen-bond donors (Lipinski definition) is 0. The van der Waals surface area contributed by atoms with Crippen LogP contribution in [0.15, 0.2) is 68.7 Å². The van der Waals surface area contributed by atoms with Gasteiger partial charge in [0, 0.05) is 22.9 Å². The van der Waals surface area contributed by atoms with Crippen LogP contribution in [0.25, 0.3) is 11.4 Å². The molecule has 0 radical (unpaired) electrons. The third kappa shape index (κ3) is 5.43. The van der Waals surface area contributed by atoms with Gasteiger partial charge in [0.15, 0.2) is 6.61 Å². The molecule has 8 nitrogen and oxygen atoms in total. The molecule has 3 aromatic rings. The zero-order chi connectivity index (χ0) is 21.6. The number of benzene rings is 2. The first-order valence-corrected chi connectivity index (χ1v) is 10.6. The minimum Gasteiger partial charge on any atom is -0.456 e. The summed E-state index contributed by atoms with van der Waals surface area (Å²) in [6.45, 7) is 0.368. The molecule has 1 aliphatic rings. The van der Waals surface area contributed by atoms with Gasteiger partial charge >= 0.3 is 5.97 Å². The molecule has 4 rings (SSSR count). The summed E-state index contributed by atoms with van der Waals surface area (Å²) in [4.78, 5) is 28.6. The number of nitrogens with zero attached hydrogens (tertiary/aromatic N) is 4. The summed E-state index contributed by atoms with van der Waals surface area (Å²) < 4.78 is 11.2. The molecule has 2 heterocycles. The summed E-state index contributed by atoms with van der Waals surface area (Å²) in [5.74, 6) is -0.130. The average Bonchev–Trinajstić information content (AvgIpc) is 3.47. The number of amides is 1. The van der Waals surface area contributed by atoms with E-state index in [1.807, 2.05) is 54.6 Å². The van der Waals surface area contributed by atoms with Crippen LogP contribution in [-0.4, -0.2) is 39.3 Å². The smallest absolute Gasteiger partial charge is 0.306 e. The highest BCUT2D eigenvalue weighted by Gasteiger charge is 2.22. The lowest BCUT2D eigenvalue weighted by Crippen LogP contribution is -2.24. The molecular weight excluding hydrogens is 464 g/mol. The number of aromatic nitrogens is 2. The minimum absolute atomic E-state index is 0.0253. The van der Waals surface area contributed by atoms with Crippen molar-refractivity contribution in [2.24, 2.45) is 5.10 Å². The second kappa shape index (κ2) is 9.65. The maximum absolute atomic E-state index is 12.4. The Bertz CT molecular complexity index is 1110. The molecule has 0 atom stereocenters. The van der Waals surface area contributed by atoms with Crippen LogP contribution in [0.5, 0.6) is 0 Å². The molecule has 1 amide bonds. The highest BCUT2D eigenvalue weighted by Crippen LogP contribution is 2.20. The molecule has 158 valence electrons. The van der Waals surface area contributed by atoms with Crippen molar-refractivity contribution in [2.75, 3.05) is 6.54 Å². The van der Waals surface area contributed by atoms with Gasteiger partial charge in [0.25, 0.3) is 5.89 Å². The summed E-state index contributed by atoms with van der Waals surface area (Å²) in [7, 11) is 0. The van der Waals surface area contributed by atoms with Gasteiger partial charge < -0.3 is 9.26 Å². The van der Waals surface area contributed by atoms with Crippen molar-refractivity contribution in [1.82, 2.24) is 15.1 Å². The van der Waals surface area contributed by atoms with Gasteiger partial charge in [0.2, 0.25) is 11.7 Å². The monoisotopic (exact) mass is 482 g/mol. The van der Waals surface area contributed by atoms with Crippen molar-refractivity contribution >= 4 is 33.5 Å². The number of hydrogen-bond acceptors (Lipinski definition) is 7. The Morgan fingerprint density at radius 2 is 1.87 bits per heavy atom. The van der Waals surface area contributed by atoms with Gasteiger partial charge in [-0.05, 0) is 17.7 Å². The molecule has 2 aromatic carbocycles. The molecule has 0 N–H and O–H groups in total. The second-order valence-electron chi connectivity index (χ2n) is 6.86. The van der Waals surface area contributed by atoms with Crippen LogP contribution in [0.4, 0.5) is 0 Å². The molecule has 9 heteroatoms. The van der Waals surface area contributed by atoms with E-state index in [0.717, 1.165) is 21.3 Å². The van der Waals surface area contributed by atoms with Gasteiger partial charge in [-0.15, -0.1) is 0 Å². The number of hydrazone groups is 1. The SMILES string of the molecule is O=C(CCC(=O)N1CCC(c2ccccc2)=N1)OCc1nc(-c2cccc(Br)c2)no1. The number of carbonyl (C=O) groups is 2. The molecule has 0 saturated heterocycles. The first-order valence-electron chi connectivity index (χ1n) is 9.76. The fourth-order valence-corrected chi connectivity index (χ4v) is 3.48. The molecule has 0 saturated carbocycles. The zero-order valence-electron chi connectivity index (χ0n) is 16.5. The lowest BCUT2D eigenvalue weighted by molar-refractivity contribution is -0.147. The minimum atomic E-state index is -0.512. The third-order valence-electron chi connectivity index (χ3n) is 4.65.